The number of fused-ring (bicyclic) bond motifs is 2. The number of nitrogens with zero attached hydrogens (tertiary/aromatic N) is 4. The molecule has 0 bridgehead atoms. The maximum Gasteiger partial charge on any atom is 0.321 e. The number of hydrogen-bond acceptors (Lipinski definition) is 6. The van der Waals surface area contributed by atoms with E-state index >= 15 is 0 Å². The van der Waals surface area contributed by atoms with E-state index in [1.54, 1.807) is 30.8 Å². The van der Waals surface area contributed by atoms with Gasteiger partial charge < -0.3 is 9.47 Å². The second kappa shape index (κ2) is 9.01. The molecule has 2 aliphatic rings. The largest absolute Gasteiger partial charge is 0.493 e. The molecule has 0 amide bonds. The van der Waals surface area contributed by atoms with Gasteiger partial charge in [-0.25, -0.2) is 4.98 Å². The van der Waals surface area contributed by atoms with Crippen molar-refractivity contribution in [3.05, 3.63) is 71.4 Å². The van der Waals surface area contributed by atoms with Crippen molar-refractivity contribution in [2.24, 2.45) is 4.99 Å². The third kappa shape index (κ3) is 4.54. The van der Waals surface area contributed by atoms with E-state index in [4.69, 9.17) is 9.47 Å². The molecule has 0 fully saturated rings. The first kappa shape index (κ1) is 19.3. The molecule has 29 heavy (non-hydrogen) atoms. The van der Waals surface area contributed by atoms with Crippen LogP contribution in [-0.2, 0) is 19.4 Å². The van der Waals surface area contributed by atoms with E-state index in [1.807, 2.05) is 13.1 Å². The first-order valence-electron chi connectivity index (χ1n) is 10.0. The maximum atomic E-state index is 5.74. The summed E-state index contributed by atoms with van der Waals surface area (Å²) < 4.78 is 11.2. The van der Waals surface area contributed by atoms with Gasteiger partial charge in [-0.2, -0.15) is 4.98 Å². The van der Waals surface area contributed by atoms with E-state index in [1.165, 1.54) is 11.1 Å². The number of aliphatic imine (C=N–C) groups is 1. The van der Waals surface area contributed by atoms with Crippen molar-refractivity contribution in [2.75, 3.05) is 13.2 Å². The van der Waals surface area contributed by atoms with E-state index in [0.29, 0.717) is 12.1 Å². The predicted octanol–water partition coefficient (Wildman–Crippen LogP) is 4.03. The van der Waals surface area contributed by atoms with E-state index in [0.717, 1.165) is 49.5 Å². The molecular formula is C23H26N4O2. The van der Waals surface area contributed by atoms with Crippen LogP contribution in [0.15, 0.2) is 54.0 Å². The molecule has 3 heterocycles. The van der Waals surface area contributed by atoms with E-state index in [9.17, 15) is 0 Å². The highest BCUT2D eigenvalue weighted by Crippen LogP contribution is 2.32. The molecule has 0 saturated carbocycles. The molecule has 6 nitrogen and oxygen atoms in total. The Hall–Kier alpha value is -2.99. The van der Waals surface area contributed by atoms with Gasteiger partial charge in [0.15, 0.2) is 0 Å². The lowest BCUT2D eigenvalue weighted by Gasteiger charge is -2.33. The van der Waals surface area contributed by atoms with E-state index < -0.39 is 0 Å². The summed E-state index contributed by atoms with van der Waals surface area (Å²) in [6, 6.07) is 7.32. The summed E-state index contributed by atoms with van der Waals surface area (Å²) in [5, 5.41) is 0. The number of benzene rings is 1. The molecule has 1 atom stereocenters. The zero-order chi connectivity index (χ0) is 20.1. The Bertz CT molecular complexity index is 952. The van der Waals surface area contributed by atoms with Gasteiger partial charge in [0.05, 0.1) is 18.6 Å². The Labute approximate surface area is 171 Å². The summed E-state index contributed by atoms with van der Waals surface area (Å²) in [5.41, 5.74) is 4.83. The smallest absolute Gasteiger partial charge is 0.321 e. The molecule has 150 valence electrons. The SMILES string of the molecule is CC=N/C=C\C=C\Oc1ncc2c(n1)CCN(C(C)c1ccc3c(c1)OCC3)C2. The minimum atomic E-state index is 0.314. The topological polar surface area (TPSA) is 59.8 Å². The van der Waals surface area contributed by atoms with Crippen molar-refractivity contribution in [2.45, 2.75) is 39.3 Å². The average Bonchev–Trinajstić information content (AvgIpc) is 3.23. The molecule has 0 spiro atoms. The van der Waals surface area contributed by atoms with Crippen molar-refractivity contribution in [3.8, 4) is 11.8 Å². The number of ether oxygens (including phenoxy) is 2. The van der Waals surface area contributed by atoms with Crippen molar-refractivity contribution < 1.29 is 9.47 Å². The Morgan fingerprint density at radius 2 is 2.17 bits per heavy atom. The summed E-state index contributed by atoms with van der Waals surface area (Å²) in [6.07, 6.45) is 12.3. The molecule has 2 aliphatic heterocycles. The zero-order valence-corrected chi connectivity index (χ0v) is 16.9. The molecule has 2 aromatic rings. The number of hydrogen-bond donors (Lipinski definition) is 0. The second-order valence-corrected chi connectivity index (χ2v) is 7.18. The van der Waals surface area contributed by atoms with Crippen LogP contribution in [0.2, 0.25) is 0 Å². The number of aromatic nitrogens is 2. The first-order chi connectivity index (χ1) is 14.2. The Kier molecular flexibility index (Phi) is 6.00. The highest BCUT2D eigenvalue weighted by molar-refractivity contribution is 5.54. The van der Waals surface area contributed by atoms with Gasteiger partial charge in [-0.1, -0.05) is 12.1 Å². The highest BCUT2D eigenvalue weighted by atomic mass is 16.5. The lowest BCUT2D eigenvalue weighted by atomic mass is 10.00. The van der Waals surface area contributed by atoms with Gasteiger partial charge in [0, 0.05) is 56.1 Å². The van der Waals surface area contributed by atoms with Gasteiger partial charge >= 0.3 is 6.01 Å². The average molecular weight is 390 g/mol. The lowest BCUT2D eigenvalue weighted by molar-refractivity contribution is 0.189. The summed E-state index contributed by atoms with van der Waals surface area (Å²) in [7, 11) is 0. The Morgan fingerprint density at radius 3 is 3.07 bits per heavy atom. The van der Waals surface area contributed by atoms with Crippen LogP contribution in [0, 0.1) is 0 Å². The highest BCUT2D eigenvalue weighted by Gasteiger charge is 2.24. The Morgan fingerprint density at radius 1 is 1.24 bits per heavy atom. The van der Waals surface area contributed by atoms with Crippen LogP contribution in [0.4, 0.5) is 0 Å². The number of allylic oxidation sites excluding steroid dienone is 2. The standard InChI is InChI=1S/C23H26N4O2/c1-3-24-10-4-5-12-29-23-25-15-20-16-27(11-8-21(20)26-23)17(2)19-7-6-18-9-13-28-22(18)14-19/h3-7,10,12,14-15,17H,8-9,11,13,16H2,1-2H3/b10-4-,12-5+,24-3?. The van der Waals surface area contributed by atoms with Gasteiger partial charge in [-0.05, 0) is 43.2 Å². The molecular weight excluding hydrogens is 364 g/mol. The van der Waals surface area contributed by atoms with Gasteiger partial charge in [0.2, 0.25) is 0 Å². The molecule has 0 aliphatic carbocycles. The third-order valence-electron chi connectivity index (χ3n) is 5.38. The fourth-order valence-corrected chi connectivity index (χ4v) is 3.69. The van der Waals surface area contributed by atoms with Crippen LogP contribution in [0.5, 0.6) is 11.8 Å². The van der Waals surface area contributed by atoms with Crippen LogP contribution in [-0.4, -0.2) is 34.2 Å². The molecule has 1 unspecified atom stereocenters. The van der Waals surface area contributed by atoms with Crippen LogP contribution < -0.4 is 9.47 Å². The monoisotopic (exact) mass is 390 g/mol. The molecule has 1 aromatic carbocycles. The fraction of sp³-hybridized carbons (Fsp3) is 0.348. The van der Waals surface area contributed by atoms with E-state index in [-0.39, 0.29) is 0 Å². The minimum absolute atomic E-state index is 0.314. The summed E-state index contributed by atoms with van der Waals surface area (Å²) in [4.78, 5) is 15.4. The normalized spacial score (nSPS) is 17.6. The maximum absolute atomic E-state index is 5.74. The van der Waals surface area contributed by atoms with Crippen LogP contribution in [0.3, 0.4) is 0 Å². The van der Waals surface area contributed by atoms with Crippen molar-refractivity contribution in [3.63, 3.8) is 0 Å². The summed E-state index contributed by atoms with van der Waals surface area (Å²) in [5.74, 6) is 1.04. The van der Waals surface area contributed by atoms with Crippen LogP contribution in [0.25, 0.3) is 0 Å². The fourth-order valence-electron chi connectivity index (χ4n) is 3.69. The van der Waals surface area contributed by atoms with Gasteiger partial charge in [0.25, 0.3) is 0 Å². The van der Waals surface area contributed by atoms with Crippen LogP contribution in [0.1, 0.15) is 42.3 Å². The molecule has 4 rings (SSSR count). The predicted molar refractivity (Wildman–Crippen MR) is 113 cm³/mol. The van der Waals surface area contributed by atoms with Crippen molar-refractivity contribution in [1.29, 1.82) is 0 Å². The second-order valence-electron chi connectivity index (χ2n) is 7.18. The zero-order valence-electron chi connectivity index (χ0n) is 16.9. The van der Waals surface area contributed by atoms with Crippen molar-refractivity contribution in [1.82, 2.24) is 14.9 Å². The van der Waals surface area contributed by atoms with Gasteiger partial charge in [-0.3, -0.25) is 9.89 Å². The van der Waals surface area contributed by atoms with E-state index in [2.05, 4.69) is 45.0 Å². The lowest BCUT2D eigenvalue weighted by Crippen LogP contribution is -2.33. The molecule has 0 radical (unpaired) electrons. The minimum Gasteiger partial charge on any atom is -0.493 e. The quantitative estimate of drug-likeness (QED) is 0.423. The molecule has 0 N–H and O–H groups in total. The molecule has 1 aromatic heterocycles. The van der Waals surface area contributed by atoms with Crippen LogP contribution >= 0.6 is 0 Å². The summed E-state index contributed by atoms with van der Waals surface area (Å²) >= 11 is 0. The first-order valence-corrected chi connectivity index (χ1v) is 10.0. The van der Waals surface area contributed by atoms with Gasteiger partial charge in [-0.15, -0.1) is 0 Å². The Balaban J connectivity index is 1.40. The molecule has 6 heteroatoms. The third-order valence-corrected chi connectivity index (χ3v) is 5.38. The summed E-state index contributed by atoms with van der Waals surface area (Å²) in [6.45, 7) is 6.71. The van der Waals surface area contributed by atoms with Crippen molar-refractivity contribution >= 4 is 6.21 Å². The number of rotatable bonds is 6. The van der Waals surface area contributed by atoms with Gasteiger partial charge in [0.1, 0.15) is 5.75 Å². The molecule has 0 saturated heterocycles.